The first-order chi connectivity index (χ1) is 19.8. The van der Waals surface area contributed by atoms with Crippen LogP contribution >= 0.6 is 11.3 Å². The van der Waals surface area contributed by atoms with Gasteiger partial charge in [-0.05, 0) is 24.5 Å². The summed E-state index contributed by atoms with van der Waals surface area (Å²) in [4.78, 5) is 18.6. The maximum absolute atomic E-state index is 13.3. The Labute approximate surface area is 236 Å². The number of hydrogen-bond donors (Lipinski definition) is 0. The zero-order chi connectivity index (χ0) is 30.2. The highest BCUT2D eigenvalue weighted by molar-refractivity contribution is 7.09. The number of benzene rings is 1. The van der Waals surface area contributed by atoms with Gasteiger partial charge in [0.2, 0.25) is 12.2 Å². The summed E-state index contributed by atoms with van der Waals surface area (Å²) in [5.41, 5.74) is -1.84. The van der Waals surface area contributed by atoms with Crippen molar-refractivity contribution in [1.29, 1.82) is 0 Å². The molecule has 8 nitrogen and oxygen atoms in total. The first-order valence-electron chi connectivity index (χ1n) is 12.5. The van der Waals surface area contributed by atoms with Crippen LogP contribution in [0.15, 0.2) is 29.6 Å². The van der Waals surface area contributed by atoms with E-state index in [1.807, 2.05) is 0 Å². The lowest BCUT2D eigenvalue weighted by Crippen LogP contribution is -2.40. The molecular weight excluding hydrogens is 604 g/mol. The molecule has 17 heteroatoms. The van der Waals surface area contributed by atoms with Crippen LogP contribution in [-0.4, -0.2) is 45.3 Å². The van der Waals surface area contributed by atoms with Crippen LogP contribution < -0.4 is 4.74 Å². The first-order valence-corrected chi connectivity index (χ1v) is 13.4. The van der Waals surface area contributed by atoms with Crippen molar-refractivity contribution in [2.24, 2.45) is 0 Å². The predicted octanol–water partition coefficient (Wildman–Crippen LogP) is 6.13. The molecule has 2 aliphatic rings. The Morgan fingerprint density at radius 1 is 1.07 bits per heavy atom. The summed E-state index contributed by atoms with van der Waals surface area (Å²) in [7, 11) is 0. The molecule has 0 aliphatic carbocycles. The molecule has 3 aromatic rings. The van der Waals surface area contributed by atoms with Crippen molar-refractivity contribution in [1.82, 2.24) is 19.7 Å². The number of nitrogens with zero attached hydrogens (tertiary/aromatic N) is 4. The van der Waals surface area contributed by atoms with Gasteiger partial charge in [0.1, 0.15) is 23.7 Å². The summed E-state index contributed by atoms with van der Waals surface area (Å²) in [6.45, 7) is -3.64. The number of alkyl halides is 8. The molecule has 1 saturated heterocycles. The van der Waals surface area contributed by atoms with E-state index in [9.17, 15) is 39.9 Å². The number of halogens is 8. The Hall–Kier alpha value is -3.31. The van der Waals surface area contributed by atoms with Gasteiger partial charge in [0.15, 0.2) is 5.69 Å². The van der Waals surface area contributed by atoms with Gasteiger partial charge >= 0.3 is 19.0 Å². The molecule has 228 valence electrons. The molecule has 1 fully saturated rings. The smallest absolute Gasteiger partial charge is 0.434 e. The molecule has 4 heterocycles. The normalized spacial score (nSPS) is 18.7. The van der Waals surface area contributed by atoms with Gasteiger partial charge in [-0.25, -0.2) is 4.98 Å². The number of hydrogen-bond acceptors (Lipinski definition) is 7. The number of ether oxygens (including phenoxy) is 3. The molecule has 5 rings (SSSR count). The Balaban J connectivity index is 1.19. The number of piperidine rings is 1. The maximum Gasteiger partial charge on any atom is 0.435 e. The molecule has 42 heavy (non-hydrogen) atoms. The summed E-state index contributed by atoms with van der Waals surface area (Å²) in [5, 5.41) is 5.43. The topological polar surface area (TPSA) is 78.7 Å². The minimum atomic E-state index is -5.12. The molecule has 2 aliphatic heterocycles. The van der Waals surface area contributed by atoms with Crippen molar-refractivity contribution in [3.8, 4) is 5.75 Å². The van der Waals surface area contributed by atoms with Gasteiger partial charge in [-0.3, -0.25) is 9.48 Å². The SMILES string of the molecule is O=C(Cn1nc(C(F)(F)F)cc1C(F)(F)F)N1CCC(c2nc(C3OCc4cccc(OC(F)F)c4CO3)cs2)CC1. The second kappa shape index (κ2) is 11.8. The molecule has 1 aromatic carbocycles. The molecule has 0 saturated carbocycles. The fourth-order valence-corrected chi connectivity index (χ4v) is 5.76. The lowest BCUT2D eigenvalue weighted by molar-refractivity contribution is -0.155. The van der Waals surface area contributed by atoms with Crippen LogP contribution in [0.3, 0.4) is 0 Å². The number of amides is 1. The zero-order valence-corrected chi connectivity index (χ0v) is 22.2. The third-order valence-corrected chi connectivity index (χ3v) is 7.86. The minimum absolute atomic E-state index is 0.00463. The first kappa shape index (κ1) is 30.2. The van der Waals surface area contributed by atoms with Gasteiger partial charge < -0.3 is 19.1 Å². The van der Waals surface area contributed by atoms with Gasteiger partial charge in [-0.2, -0.15) is 40.2 Å². The quantitative estimate of drug-likeness (QED) is 0.307. The van der Waals surface area contributed by atoms with E-state index in [-0.39, 0.29) is 48.7 Å². The van der Waals surface area contributed by atoms with Gasteiger partial charge in [-0.15, -0.1) is 11.3 Å². The largest absolute Gasteiger partial charge is 0.435 e. The molecule has 1 atom stereocenters. The highest BCUT2D eigenvalue weighted by Crippen LogP contribution is 2.37. The van der Waals surface area contributed by atoms with Crippen molar-refractivity contribution < 1.29 is 54.1 Å². The number of rotatable bonds is 6. The zero-order valence-electron chi connectivity index (χ0n) is 21.4. The van der Waals surface area contributed by atoms with Gasteiger partial charge in [0.25, 0.3) is 0 Å². The van der Waals surface area contributed by atoms with E-state index in [0.717, 1.165) is 0 Å². The summed E-state index contributed by atoms with van der Waals surface area (Å²) >= 11 is 1.33. The number of fused-ring (bicyclic) bond motifs is 1. The van der Waals surface area contributed by atoms with E-state index < -0.39 is 49.1 Å². The molecule has 0 radical (unpaired) electrons. The maximum atomic E-state index is 13.3. The van der Waals surface area contributed by atoms with Crippen molar-refractivity contribution in [3.63, 3.8) is 0 Å². The standard InChI is InChI=1S/C25H22F8N4O4S/c26-23(27)41-17-3-1-2-14-10-39-22(40-11-15(14)17)16-12-42-21(34-16)13-4-6-36(7-5-13)20(38)9-37-19(25(31,32)33)8-18(35-37)24(28,29)30/h1-3,8,12-13,22-23H,4-7,9-11H2. The molecule has 1 unspecified atom stereocenters. The number of thiazole rings is 1. The molecular formula is C25H22F8N4O4S. The summed E-state index contributed by atoms with van der Waals surface area (Å²) in [6, 6.07) is 4.59. The van der Waals surface area contributed by atoms with E-state index in [4.69, 9.17) is 9.47 Å². The Kier molecular flexibility index (Phi) is 8.44. The lowest BCUT2D eigenvalue weighted by atomic mass is 9.97. The second-order valence-corrected chi connectivity index (χ2v) is 10.4. The molecule has 0 spiro atoms. The summed E-state index contributed by atoms with van der Waals surface area (Å²) in [5.74, 6) is -0.880. The molecule has 2 aromatic heterocycles. The second-order valence-electron chi connectivity index (χ2n) is 9.56. The molecule has 1 amide bonds. The van der Waals surface area contributed by atoms with Crippen LogP contribution in [0.1, 0.15) is 58.3 Å². The average molecular weight is 627 g/mol. The van der Waals surface area contributed by atoms with E-state index in [0.29, 0.717) is 34.7 Å². The van der Waals surface area contributed by atoms with Crippen LogP contribution in [0.4, 0.5) is 35.1 Å². The fourth-order valence-electron chi connectivity index (χ4n) is 4.76. The summed E-state index contributed by atoms with van der Waals surface area (Å²) in [6.07, 6.45) is -10.3. The number of carbonyl (C=O) groups is 1. The monoisotopic (exact) mass is 626 g/mol. The van der Waals surface area contributed by atoms with Crippen molar-refractivity contribution >= 4 is 17.2 Å². The third kappa shape index (κ3) is 6.67. The number of carbonyl (C=O) groups excluding carboxylic acids is 1. The molecule has 0 bridgehead atoms. The van der Waals surface area contributed by atoms with Gasteiger partial charge in [-0.1, -0.05) is 12.1 Å². The van der Waals surface area contributed by atoms with E-state index in [1.54, 1.807) is 17.5 Å². The van der Waals surface area contributed by atoms with Crippen LogP contribution in [0.5, 0.6) is 5.75 Å². The van der Waals surface area contributed by atoms with Crippen LogP contribution in [0, 0.1) is 0 Å². The summed E-state index contributed by atoms with van der Waals surface area (Å²) < 4.78 is 120. The highest BCUT2D eigenvalue weighted by atomic mass is 32.1. The minimum Gasteiger partial charge on any atom is -0.434 e. The average Bonchev–Trinajstić information content (AvgIpc) is 3.52. The Morgan fingerprint density at radius 2 is 1.79 bits per heavy atom. The predicted molar refractivity (Wildman–Crippen MR) is 128 cm³/mol. The van der Waals surface area contributed by atoms with Crippen molar-refractivity contribution in [2.45, 2.75) is 63.8 Å². The van der Waals surface area contributed by atoms with Crippen LogP contribution in [0.25, 0.3) is 0 Å². The van der Waals surface area contributed by atoms with Crippen LogP contribution in [-0.2, 0) is 46.4 Å². The third-order valence-electron chi connectivity index (χ3n) is 6.84. The van der Waals surface area contributed by atoms with E-state index in [2.05, 4.69) is 14.8 Å². The van der Waals surface area contributed by atoms with E-state index >= 15 is 0 Å². The van der Waals surface area contributed by atoms with Crippen LogP contribution in [0.2, 0.25) is 0 Å². The van der Waals surface area contributed by atoms with Crippen molar-refractivity contribution in [2.75, 3.05) is 13.1 Å². The number of aromatic nitrogens is 3. The van der Waals surface area contributed by atoms with E-state index in [1.165, 1.54) is 22.3 Å². The van der Waals surface area contributed by atoms with Gasteiger partial charge in [0.05, 0.1) is 18.2 Å². The fraction of sp³-hybridized carbons (Fsp3) is 0.480. The highest BCUT2D eigenvalue weighted by Gasteiger charge is 2.42. The Bertz CT molecular complexity index is 1420. The Morgan fingerprint density at radius 3 is 2.45 bits per heavy atom. The van der Waals surface area contributed by atoms with Gasteiger partial charge in [0, 0.05) is 36.0 Å². The van der Waals surface area contributed by atoms with Crippen molar-refractivity contribution in [3.05, 3.63) is 62.9 Å². The number of likely N-dealkylation sites (tertiary alicyclic amines) is 1. The lowest BCUT2D eigenvalue weighted by Gasteiger charge is -2.31. The molecule has 0 N–H and O–H groups in total.